The molecule has 7 heteroatoms. The van der Waals surface area contributed by atoms with Gasteiger partial charge in [-0.25, -0.2) is 0 Å². The van der Waals surface area contributed by atoms with Gasteiger partial charge < -0.3 is 20.1 Å². The van der Waals surface area contributed by atoms with Gasteiger partial charge in [-0.05, 0) is 50.6 Å². The van der Waals surface area contributed by atoms with E-state index in [-0.39, 0.29) is 29.4 Å². The van der Waals surface area contributed by atoms with Crippen LogP contribution < -0.4 is 15.4 Å². The maximum Gasteiger partial charge on any atom is 0.191 e. The van der Waals surface area contributed by atoms with Gasteiger partial charge in [0.15, 0.2) is 5.96 Å². The lowest BCUT2D eigenvalue weighted by Crippen LogP contribution is -2.46. The van der Waals surface area contributed by atoms with Gasteiger partial charge in [-0.3, -0.25) is 9.89 Å². The lowest BCUT2D eigenvalue weighted by atomic mass is 9.89. The zero-order chi connectivity index (χ0) is 19.1. The molecule has 0 aromatic heterocycles. The number of aliphatic imine (C=N–C) groups is 1. The van der Waals surface area contributed by atoms with Crippen LogP contribution in [-0.2, 0) is 4.74 Å². The lowest BCUT2D eigenvalue weighted by Gasteiger charge is -2.36. The Labute approximate surface area is 186 Å². The van der Waals surface area contributed by atoms with Crippen molar-refractivity contribution in [2.75, 3.05) is 53.0 Å². The van der Waals surface area contributed by atoms with E-state index in [1.807, 2.05) is 0 Å². The number of likely N-dealkylation sites (tertiary alicyclic amines) is 1. The number of nitrogens with one attached hydrogen (secondary N) is 2. The molecule has 6 nitrogen and oxygen atoms in total. The smallest absolute Gasteiger partial charge is 0.191 e. The van der Waals surface area contributed by atoms with E-state index >= 15 is 0 Å². The van der Waals surface area contributed by atoms with Crippen LogP contribution in [0.15, 0.2) is 29.3 Å². The summed E-state index contributed by atoms with van der Waals surface area (Å²) in [4.78, 5) is 7.37. The fourth-order valence-corrected chi connectivity index (χ4v) is 3.68. The molecule has 1 unspecified atom stereocenters. The van der Waals surface area contributed by atoms with Crippen LogP contribution in [0.1, 0.15) is 38.3 Å². The summed E-state index contributed by atoms with van der Waals surface area (Å²) in [7, 11) is 1.71. The van der Waals surface area contributed by atoms with Crippen molar-refractivity contribution >= 4 is 29.9 Å². The van der Waals surface area contributed by atoms with E-state index < -0.39 is 0 Å². The molecular weight excluding hydrogens is 467 g/mol. The van der Waals surface area contributed by atoms with Crippen molar-refractivity contribution in [1.82, 2.24) is 15.5 Å². The normalized spacial score (nSPS) is 20.0. The molecule has 1 atom stereocenters. The van der Waals surface area contributed by atoms with Crippen LogP contribution in [0, 0.1) is 5.41 Å². The van der Waals surface area contributed by atoms with Crippen LogP contribution in [0.3, 0.4) is 0 Å². The third-order valence-corrected chi connectivity index (χ3v) is 5.41. The van der Waals surface area contributed by atoms with Crippen LogP contribution in [0.4, 0.5) is 0 Å². The monoisotopic (exact) mass is 502 g/mol. The number of methoxy groups -OCH3 is 1. The number of ether oxygens (including phenoxy) is 2. The molecule has 1 aromatic carbocycles. The van der Waals surface area contributed by atoms with Crippen LogP contribution in [0.2, 0.25) is 0 Å². The molecular formula is C21H35IN4O2. The zero-order valence-corrected chi connectivity index (χ0v) is 19.7. The molecule has 2 saturated heterocycles. The molecule has 158 valence electrons. The van der Waals surface area contributed by atoms with Crippen molar-refractivity contribution in [3.05, 3.63) is 29.8 Å². The molecule has 0 saturated carbocycles. The van der Waals surface area contributed by atoms with Gasteiger partial charge >= 0.3 is 0 Å². The second kappa shape index (κ2) is 11.2. The second-order valence-electron chi connectivity index (χ2n) is 7.91. The summed E-state index contributed by atoms with van der Waals surface area (Å²) in [6.45, 7) is 10.7. The molecule has 0 spiro atoms. The van der Waals surface area contributed by atoms with Gasteiger partial charge in [-0.1, -0.05) is 19.1 Å². The maximum absolute atomic E-state index is 5.35. The third-order valence-electron chi connectivity index (χ3n) is 5.41. The molecule has 2 aliphatic heterocycles. The van der Waals surface area contributed by atoms with E-state index in [4.69, 9.17) is 14.5 Å². The van der Waals surface area contributed by atoms with Crippen LogP contribution in [0.5, 0.6) is 5.75 Å². The van der Waals surface area contributed by atoms with Gasteiger partial charge in [-0.2, -0.15) is 0 Å². The minimum Gasteiger partial charge on any atom is -0.497 e. The van der Waals surface area contributed by atoms with Gasteiger partial charge in [0.25, 0.3) is 0 Å². The highest BCUT2D eigenvalue weighted by molar-refractivity contribution is 14.0. The van der Waals surface area contributed by atoms with Crippen molar-refractivity contribution < 1.29 is 9.47 Å². The lowest BCUT2D eigenvalue weighted by molar-refractivity contribution is -0.0945. The molecule has 28 heavy (non-hydrogen) atoms. The number of nitrogens with zero attached hydrogens (tertiary/aromatic N) is 2. The molecule has 0 bridgehead atoms. The quantitative estimate of drug-likeness (QED) is 0.325. The van der Waals surface area contributed by atoms with Crippen LogP contribution in [-0.4, -0.2) is 63.9 Å². The van der Waals surface area contributed by atoms with E-state index in [9.17, 15) is 0 Å². The Morgan fingerprint density at radius 1 is 1.21 bits per heavy atom. The zero-order valence-electron chi connectivity index (χ0n) is 17.4. The molecule has 1 aromatic rings. The van der Waals surface area contributed by atoms with Crippen molar-refractivity contribution in [2.24, 2.45) is 10.4 Å². The van der Waals surface area contributed by atoms with Crippen molar-refractivity contribution in [1.29, 1.82) is 0 Å². The van der Waals surface area contributed by atoms with Gasteiger partial charge in [0.05, 0.1) is 32.9 Å². The highest BCUT2D eigenvalue weighted by Gasteiger charge is 2.33. The number of rotatable bonds is 8. The second-order valence-corrected chi connectivity index (χ2v) is 7.91. The predicted molar refractivity (Wildman–Crippen MR) is 125 cm³/mol. The Kier molecular flexibility index (Phi) is 9.30. The Morgan fingerprint density at radius 2 is 1.89 bits per heavy atom. The predicted octanol–water partition coefficient (Wildman–Crippen LogP) is 3.04. The number of halogens is 1. The summed E-state index contributed by atoms with van der Waals surface area (Å²) in [5.74, 6) is 1.79. The van der Waals surface area contributed by atoms with Crippen LogP contribution >= 0.6 is 24.0 Å². The third kappa shape index (κ3) is 6.22. The SMILES string of the molecule is CCNC(=NCC1(C)COC1)NCC(c1ccc(OC)cc1)N1CCCC1.I. The van der Waals surface area contributed by atoms with E-state index in [0.717, 1.165) is 57.6 Å². The van der Waals surface area contributed by atoms with Gasteiger partial charge in [0.1, 0.15) is 5.75 Å². The van der Waals surface area contributed by atoms with E-state index in [1.54, 1.807) is 7.11 Å². The maximum atomic E-state index is 5.35. The van der Waals surface area contributed by atoms with E-state index in [1.165, 1.54) is 18.4 Å². The first kappa shape index (κ1) is 23.2. The van der Waals surface area contributed by atoms with E-state index in [0.29, 0.717) is 6.04 Å². The Morgan fingerprint density at radius 3 is 2.43 bits per heavy atom. The van der Waals surface area contributed by atoms with Gasteiger partial charge in [0.2, 0.25) is 0 Å². The highest BCUT2D eigenvalue weighted by Crippen LogP contribution is 2.27. The molecule has 0 radical (unpaired) electrons. The summed E-state index contributed by atoms with van der Waals surface area (Å²) in [6.07, 6.45) is 2.55. The van der Waals surface area contributed by atoms with Gasteiger partial charge in [-0.15, -0.1) is 24.0 Å². The molecule has 3 rings (SSSR count). The standard InChI is InChI=1S/C21H34N4O2.HI/c1-4-22-20(24-14-21(2)15-27-16-21)23-13-19(25-11-5-6-12-25)17-7-9-18(26-3)10-8-17;/h7-10,19H,4-6,11-16H2,1-3H3,(H2,22,23,24);1H. The largest absolute Gasteiger partial charge is 0.497 e. The fourth-order valence-electron chi connectivity index (χ4n) is 3.68. The van der Waals surface area contributed by atoms with E-state index in [2.05, 4.69) is 53.6 Å². The van der Waals surface area contributed by atoms with Crippen molar-refractivity contribution in [2.45, 2.75) is 32.7 Å². The fraction of sp³-hybridized carbons (Fsp3) is 0.667. The molecule has 2 N–H and O–H groups in total. The summed E-state index contributed by atoms with van der Waals surface area (Å²) < 4.78 is 10.7. The van der Waals surface area contributed by atoms with Crippen molar-refractivity contribution in [3.63, 3.8) is 0 Å². The number of benzene rings is 1. The number of guanidine groups is 1. The average Bonchev–Trinajstić information content (AvgIpc) is 3.19. The number of hydrogen-bond donors (Lipinski definition) is 2. The topological polar surface area (TPSA) is 58.1 Å². The van der Waals surface area contributed by atoms with Crippen LogP contribution in [0.25, 0.3) is 0 Å². The summed E-state index contributed by atoms with van der Waals surface area (Å²) in [5, 5.41) is 6.95. The first-order chi connectivity index (χ1) is 13.1. The summed E-state index contributed by atoms with van der Waals surface area (Å²) in [6, 6.07) is 8.80. The first-order valence-corrected chi connectivity index (χ1v) is 10.1. The molecule has 2 heterocycles. The number of hydrogen-bond acceptors (Lipinski definition) is 4. The first-order valence-electron chi connectivity index (χ1n) is 10.1. The Bertz CT molecular complexity index is 613. The Balaban J connectivity index is 0.00000280. The van der Waals surface area contributed by atoms with Crippen molar-refractivity contribution in [3.8, 4) is 5.75 Å². The molecule has 2 aliphatic rings. The highest BCUT2D eigenvalue weighted by atomic mass is 127. The minimum atomic E-state index is 0. The molecule has 0 aliphatic carbocycles. The molecule has 2 fully saturated rings. The average molecular weight is 502 g/mol. The Hall–Kier alpha value is -1.06. The van der Waals surface area contributed by atoms with Gasteiger partial charge in [0, 0.05) is 18.5 Å². The molecule has 0 amide bonds. The summed E-state index contributed by atoms with van der Waals surface area (Å²) in [5.41, 5.74) is 1.51. The minimum absolute atomic E-state index is 0. The summed E-state index contributed by atoms with van der Waals surface area (Å²) >= 11 is 0.